The van der Waals surface area contributed by atoms with Crippen molar-refractivity contribution < 1.29 is 24.3 Å². The average molecular weight is 337 g/mol. The molecule has 4 amide bonds. The molecule has 8 nitrogen and oxygen atoms in total. The van der Waals surface area contributed by atoms with E-state index in [1.54, 1.807) is 11.8 Å². The van der Waals surface area contributed by atoms with Crippen molar-refractivity contribution in [1.29, 1.82) is 0 Å². The summed E-state index contributed by atoms with van der Waals surface area (Å²) >= 11 is 0. The Labute approximate surface area is 140 Å². The number of hydrogen-bond acceptors (Lipinski definition) is 4. The maximum Gasteiger partial charge on any atom is 0.325 e. The minimum Gasteiger partial charge on any atom is -0.481 e. The van der Waals surface area contributed by atoms with E-state index in [1.807, 2.05) is 0 Å². The van der Waals surface area contributed by atoms with Gasteiger partial charge in [-0.15, -0.1) is 0 Å². The Balaban J connectivity index is 1.67. The van der Waals surface area contributed by atoms with Crippen molar-refractivity contribution in [3.63, 3.8) is 0 Å². The molecule has 2 saturated heterocycles. The van der Waals surface area contributed by atoms with Crippen molar-refractivity contribution in [3.8, 4) is 0 Å². The first-order chi connectivity index (χ1) is 11.4. The first-order valence-electron chi connectivity index (χ1n) is 8.53. The van der Waals surface area contributed by atoms with Crippen LogP contribution in [-0.2, 0) is 14.4 Å². The molecular weight excluding hydrogens is 314 g/mol. The van der Waals surface area contributed by atoms with Crippen LogP contribution in [0.5, 0.6) is 0 Å². The molecule has 1 unspecified atom stereocenters. The van der Waals surface area contributed by atoms with E-state index in [-0.39, 0.29) is 11.8 Å². The van der Waals surface area contributed by atoms with Gasteiger partial charge in [-0.25, -0.2) is 9.69 Å². The highest BCUT2D eigenvalue weighted by molar-refractivity contribution is 6.10. The molecule has 1 spiro atoms. The van der Waals surface area contributed by atoms with E-state index in [9.17, 15) is 19.2 Å². The molecule has 2 N–H and O–H groups in total. The van der Waals surface area contributed by atoms with Crippen LogP contribution in [0, 0.1) is 5.92 Å². The van der Waals surface area contributed by atoms with Crippen molar-refractivity contribution in [1.82, 2.24) is 15.1 Å². The number of likely N-dealkylation sites (tertiary alicyclic amines) is 1. The van der Waals surface area contributed by atoms with E-state index < -0.39 is 29.5 Å². The molecule has 0 bridgehead atoms. The van der Waals surface area contributed by atoms with Crippen LogP contribution in [0.4, 0.5) is 4.79 Å². The quantitative estimate of drug-likeness (QED) is 0.732. The number of rotatable bonds is 3. The van der Waals surface area contributed by atoms with Crippen LogP contribution in [0.2, 0.25) is 0 Å². The number of carbonyl (C=O) groups excluding carboxylic acids is 3. The second-order valence-corrected chi connectivity index (χ2v) is 7.01. The zero-order valence-electron chi connectivity index (χ0n) is 13.8. The van der Waals surface area contributed by atoms with Crippen LogP contribution in [-0.4, -0.2) is 63.4 Å². The molecule has 1 atom stereocenters. The summed E-state index contributed by atoms with van der Waals surface area (Å²) in [6, 6.07) is -1.36. The summed E-state index contributed by atoms with van der Waals surface area (Å²) in [6.07, 6.45) is 3.84. The highest BCUT2D eigenvalue weighted by Gasteiger charge is 2.54. The van der Waals surface area contributed by atoms with Gasteiger partial charge >= 0.3 is 12.0 Å². The van der Waals surface area contributed by atoms with Crippen molar-refractivity contribution in [2.75, 3.05) is 13.1 Å². The van der Waals surface area contributed by atoms with E-state index in [2.05, 4.69) is 5.32 Å². The van der Waals surface area contributed by atoms with Gasteiger partial charge in [-0.2, -0.15) is 0 Å². The molecule has 3 fully saturated rings. The zero-order chi connectivity index (χ0) is 17.5. The maximum atomic E-state index is 12.7. The maximum absolute atomic E-state index is 12.7. The van der Waals surface area contributed by atoms with Crippen LogP contribution in [0.1, 0.15) is 45.4 Å². The van der Waals surface area contributed by atoms with Gasteiger partial charge in [-0.1, -0.05) is 12.8 Å². The van der Waals surface area contributed by atoms with Crippen LogP contribution >= 0.6 is 0 Å². The van der Waals surface area contributed by atoms with Crippen molar-refractivity contribution in [3.05, 3.63) is 0 Å². The highest BCUT2D eigenvalue weighted by atomic mass is 16.4. The lowest BCUT2D eigenvalue weighted by Crippen LogP contribution is -2.52. The zero-order valence-corrected chi connectivity index (χ0v) is 13.8. The van der Waals surface area contributed by atoms with E-state index in [4.69, 9.17) is 5.11 Å². The molecule has 3 aliphatic rings. The summed E-state index contributed by atoms with van der Waals surface area (Å²) in [5.41, 5.74) is -0.818. The van der Waals surface area contributed by atoms with E-state index in [0.717, 1.165) is 17.7 Å². The number of urea groups is 1. The Morgan fingerprint density at radius 2 is 1.79 bits per heavy atom. The second-order valence-electron chi connectivity index (χ2n) is 7.01. The normalized spacial score (nSPS) is 25.2. The average Bonchev–Trinajstić information content (AvgIpc) is 3.12. The lowest BCUT2D eigenvalue weighted by molar-refractivity contribution is -0.147. The third kappa shape index (κ3) is 2.63. The molecule has 2 aliphatic heterocycles. The summed E-state index contributed by atoms with van der Waals surface area (Å²) < 4.78 is 0. The van der Waals surface area contributed by atoms with Gasteiger partial charge in [-0.05, 0) is 32.6 Å². The van der Waals surface area contributed by atoms with Crippen LogP contribution in [0.15, 0.2) is 0 Å². The van der Waals surface area contributed by atoms with E-state index in [0.29, 0.717) is 38.8 Å². The second kappa shape index (κ2) is 6.07. The molecular formula is C16H23N3O5. The number of carboxylic acid groups (broad SMARTS) is 1. The lowest BCUT2D eigenvalue weighted by Gasteiger charge is -2.33. The summed E-state index contributed by atoms with van der Waals surface area (Å²) in [6.45, 7) is 2.25. The van der Waals surface area contributed by atoms with E-state index >= 15 is 0 Å². The Kier molecular flexibility index (Phi) is 4.23. The Hall–Kier alpha value is -2.12. The highest BCUT2D eigenvalue weighted by Crippen LogP contribution is 2.36. The largest absolute Gasteiger partial charge is 0.481 e. The molecule has 8 heteroatoms. The monoisotopic (exact) mass is 337 g/mol. The first kappa shape index (κ1) is 16.7. The third-order valence-electron chi connectivity index (χ3n) is 5.55. The number of piperidine rings is 1. The summed E-state index contributed by atoms with van der Waals surface area (Å²) in [5, 5.41) is 11.8. The predicted molar refractivity (Wildman–Crippen MR) is 83.0 cm³/mol. The number of carboxylic acids is 1. The van der Waals surface area contributed by atoms with Crippen LogP contribution in [0.25, 0.3) is 0 Å². The Bertz CT molecular complexity index is 576. The van der Waals surface area contributed by atoms with Gasteiger partial charge in [0.25, 0.3) is 5.91 Å². The molecule has 24 heavy (non-hydrogen) atoms. The summed E-state index contributed by atoms with van der Waals surface area (Å²) in [4.78, 5) is 51.2. The molecule has 2 heterocycles. The number of nitrogens with zero attached hydrogens (tertiary/aromatic N) is 2. The third-order valence-corrected chi connectivity index (χ3v) is 5.55. The van der Waals surface area contributed by atoms with Crippen LogP contribution in [0.3, 0.4) is 0 Å². The standard InChI is InChI=1S/C16H23N3O5/c1-10(12(20)18-8-4-11(5-9-18)13(21)22)19-14(23)16(17-15(19)24)6-2-3-7-16/h10-11H,2-9H2,1H3,(H,17,24)(H,21,22). The fourth-order valence-corrected chi connectivity index (χ4v) is 4.03. The molecule has 0 aromatic heterocycles. The van der Waals surface area contributed by atoms with Crippen molar-refractivity contribution in [2.24, 2.45) is 5.92 Å². The Morgan fingerprint density at radius 3 is 2.33 bits per heavy atom. The van der Waals surface area contributed by atoms with Gasteiger partial charge in [0.05, 0.1) is 5.92 Å². The lowest BCUT2D eigenvalue weighted by atomic mass is 9.96. The number of hydrogen-bond donors (Lipinski definition) is 2. The molecule has 0 aromatic rings. The number of amides is 4. The van der Waals surface area contributed by atoms with Gasteiger partial charge in [0, 0.05) is 13.1 Å². The Morgan fingerprint density at radius 1 is 1.21 bits per heavy atom. The number of aliphatic carboxylic acids is 1. The van der Waals surface area contributed by atoms with Gasteiger partial charge < -0.3 is 15.3 Å². The molecule has 132 valence electrons. The minimum atomic E-state index is -0.862. The smallest absolute Gasteiger partial charge is 0.325 e. The molecule has 1 saturated carbocycles. The predicted octanol–water partition coefficient (Wildman–Crippen LogP) is 0.563. The van der Waals surface area contributed by atoms with Gasteiger partial charge in [0.1, 0.15) is 11.6 Å². The van der Waals surface area contributed by atoms with Crippen LogP contribution < -0.4 is 5.32 Å². The van der Waals surface area contributed by atoms with Gasteiger partial charge in [0.2, 0.25) is 5.91 Å². The number of imide groups is 1. The summed E-state index contributed by atoms with van der Waals surface area (Å²) in [7, 11) is 0. The molecule has 1 aliphatic carbocycles. The number of nitrogens with one attached hydrogen (secondary N) is 1. The van der Waals surface area contributed by atoms with E-state index in [1.165, 1.54) is 0 Å². The van der Waals surface area contributed by atoms with Crippen molar-refractivity contribution >= 4 is 23.8 Å². The SMILES string of the molecule is CC(C(=O)N1CCC(C(=O)O)CC1)N1C(=O)NC2(CCCC2)C1=O. The molecule has 0 aromatic carbocycles. The fourth-order valence-electron chi connectivity index (χ4n) is 4.03. The van der Waals surface area contributed by atoms with Crippen molar-refractivity contribution in [2.45, 2.75) is 57.0 Å². The summed E-state index contributed by atoms with van der Waals surface area (Å²) in [5.74, 6) is -1.86. The topological polar surface area (TPSA) is 107 Å². The minimum absolute atomic E-state index is 0.294. The van der Waals surface area contributed by atoms with Gasteiger partial charge in [-0.3, -0.25) is 14.4 Å². The molecule has 0 radical (unpaired) electrons. The molecule has 3 rings (SSSR count). The first-order valence-corrected chi connectivity index (χ1v) is 8.53. The number of carbonyl (C=O) groups is 4. The fraction of sp³-hybridized carbons (Fsp3) is 0.750. The van der Waals surface area contributed by atoms with Gasteiger partial charge in [0.15, 0.2) is 0 Å².